The zero-order valence-corrected chi connectivity index (χ0v) is 13.6. The van der Waals surface area contributed by atoms with E-state index in [0.717, 1.165) is 19.4 Å². The fourth-order valence-corrected chi connectivity index (χ4v) is 6.16. The smallest absolute Gasteiger partial charge is 0.317 e. The molecule has 2 aliphatic heterocycles. The van der Waals surface area contributed by atoms with Crippen molar-refractivity contribution < 1.29 is 13.2 Å². The van der Waals surface area contributed by atoms with Crippen molar-refractivity contribution in [3.05, 3.63) is 0 Å². The van der Waals surface area contributed by atoms with E-state index in [4.69, 9.17) is 0 Å². The third kappa shape index (κ3) is 2.91. The Kier molecular flexibility index (Phi) is 4.17. The average Bonchev–Trinajstić information content (AvgIpc) is 2.97. The van der Waals surface area contributed by atoms with Gasteiger partial charge in [-0.1, -0.05) is 19.8 Å². The van der Waals surface area contributed by atoms with Crippen LogP contribution in [-0.4, -0.2) is 49.5 Å². The molecule has 0 radical (unpaired) electrons. The average molecular weight is 314 g/mol. The molecule has 3 rings (SSSR count). The first-order chi connectivity index (χ1) is 9.99. The number of rotatable bonds is 2. The van der Waals surface area contributed by atoms with Gasteiger partial charge in [-0.15, -0.1) is 0 Å². The second-order valence-corrected chi connectivity index (χ2v) is 9.36. The number of fused-ring (bicyclic) bond motifs is 1. The first-order valence-electron chi connectivity index (χ1n) is 8.25. The van der Waals surface area contributed by atoms with Crippen LogP contribution in [0.3, 0.4) is 0 Å². The monoisotopic (exact) mass is 314 g/mol. The molecule has 6 heteroatoms. The van der Waals surface area contributed by atoms with E-state index in [1.165, 1.54) is 19.3 Å². The number of hydrogen-bond acceptors (Lipinski definition) is 3. The van der Waals surface area contributed by atoms with Crippen LogP contribution in [0.1, 0.15) is 45.4 Å². The van der Waals surface area contributed by atoms with Crippen LogP contribution >= 0.6 is 0 Å². The van der Waals surface area contributed by atoms with Gasteiger partial charge in [-0.05, 0) is 37.5 Å². The van der Waals surface area contributed by atoms with Gasteiger partial charge < -0.3 is 10.2 Å². The maximum atomic E-state index is 12.4. The van der Waals surface area contributed by atoms with Crippen molar-refractivity contribution in [2.45, 2.75) is 56.7 Å². The number of amides is 2. The molecule has 2 amide bonds. The van der Waals surface area contributed by atoms with Gasteiger partial charge in [0.25, 0.3) is 0 Å². The molecule has 4 atom stereocenters. The third-order valence-corrected chi connectivity index (χ3v) is 7.88. The van der Waals surface area contributed by atoms with Gasteiger partial charge in [0.2, 0.25) is 0 Å². The van der Waals surface area contributed by atoms with E-state index in [1.54, 1.807) is 0 Å². The number of sulfone groups is 1. The SMILES string of the molecule is C[C@@H]1CN(C(=O)NC[C@@H]2CCCS2(=O)=O)[C@H]2CCCC[C@H]12. The van der Waals surface area contributed by atoms with Crippen molar-refractivity contribution in [1.29, 1.82) is 0 Å². The molecule has 0 aromatic rings. The molecule has 0 aromatic heterocycles. The standard InChI is InChI=1S/C15H26N2O3S/c1-11-10-17(14-7-3-2-6-13(11)14)15(18)16-9-12-5-4-8-21(12,19)20/h11-14H,2-10H2,1H3,(H,16,18)/t11-,12+,13-,14+/m1/s1. The van der Waals surface area contributed by atoms with Crippen molar-refractivity contribution in [2.24, 2.45) is 11.8 Å². The number of carbonyl (C=O) groups excluding carboxylic acids is 1. The van der Waals surface area contributed by atoms with Crippen molar-refractivity contribution in [3.8, 4) is 0 Å². The van der Waals surface area contributed by atoms with Crippen LogP contribution in [-0.2, 0) is 9.84 Å². The van der Waals surface area contributed by atoms with Gasteiger partial charge in [0.1, 0.15) is 0 Å². The number of carbonyl (C=O) groups is 1. The summed E-state index contributed by atoms with van der Waals surface area (Å²) in [6.07, 6.45) is 6.23. The molecule has 0 spiro atoms. The lowest BCUT2D eigenvalue weighted by Gasteiger charge is -2.32. The van der Waals surface area contributed by atoms with Gasteiger partial charge in [0, 0.05) is 19.1 Å². The summed E-state index contributed by atoms with van der Waals surface area (Å²) < 4.78 is 23.6. The Hall–Kier alpha value is -0.780. The lowest BCUT2D eigenvalue weighted by Crippen LogP contribution is -2.47. The van der Waals surface area contributed by atoms with Crippen molar-refractivity contribution >= 4 is 15.9 Å². The molecule has 2 saturated heterocycles. The van der Waals surface area contributed by atoms with Crippen molar-refractivity contribution in [1.82, 2.24) is 10.2 Å². The van der Waals surface area contributed by atoms with E-state index >= 15 is 0 Å². The van der Waals surface area contributed by atoms with Gasteiger partial charge in [0.15, 0.2) is 9.84 Å². The summed E-state index contributed by atoms with van der Waals surface area (Å²) in [7, 11) is -2.97. The van der Waals surface area contributed by atoms with Crippen LogP contribution in [0.25, 0.3) is 0 Å². The van der Waals surface area contributed by atoms with Gasteiger partial charge in [-0.2, -0.15) is 0 Å². The Morgan fingerprint density at radius 3 is 2.67 bits per heavy atom. The van der Waals surface area contributed by atoms with Crippen LogP contribution in [0.2, 0.25) is 0 Å². The summed E-state index contributed by atoms with van der Waals surface area (Å²) in [6, 6.07) is 0.312. The maximum absolute atomic E-state index is 12.4. The van der Waals surface area contributed by atoms with E-state index in [0.29, 0.717) is 24.3 Å². The van der Waals surface area contributed by atoms with E-state index in [9.17, 15) is 13.2 Å². The number of nitrogens with zero attached hydrogens (tertiary/aromatic N) is 1. The minimum absolute atomic E-state index is 0.0571. The maximum Gasteiger partial charge on any atom is 0.317 e. The molecule has 1 N–H and O–H groups in total. The Morgan fingerprint density at radius 1 is 1.19 bits per heavy atom. The number of hydrogen-bond donors (Lipinski definition) is 1. The summed E-state index contributed by atoms with van der Waals surface area (Å²) in [5.74, 6) is 1.48. The van der Waals surface area contributed by atoms with Crippen LogP contribution in [0.15, 0.2) is 0 Å². The molecule has 1 aliphatic carbocycles. The molecule has 120 valence electrons. The largest absolute Gasteiger partial charge is 0.337 e. The first-order valence-corrected chi connectivity index (χ1v) is 9.96. The highest BCUT2D eigenvalue weighted by Gasteiger charge is 2.43. The summed E-state index contributed by atoms with van der Waals surface area (Å²) >= 11 is 0. The van der Waals surface area contributed by atoms with Gasteiger partial charge in [-0.3, -0.25) is 0 Å². The Balaban J connectivity index is 1.58. The lowest BCUT2D eigenvalue weighted by molar-refractivity contribution is 0.169. The summed E-state index contributed by atoms with van der Waals surface area (Å²) in [6.45, 7) is 3.33. The molecule has 3 fully saturated rings. The lowest BCUT2D eigenvalue weighted by atomic mass is 9.80. The quantitative estimate of drug-likeness (QED) is 0.845. The van der Waals surface area contributed by atoms with E-state index in [-0.39, 0.29) is 23.6 Å². The van der Waals surface area contributed by atoms with E-state index < -0.39 is 9.84 Å². The molecule has 1 saturated carbocycles. The highest BCUT2D eigenvalue weighted by molar-refractivity contribution is 7.92. The highest BCUT2D eigenvalue weighted by atomic mass is 32.2. The van der Waals surface area contributed by atoms with Crippen LogP contribution < -0.4 is 5.32 Å². The molecule has 0 aromatic carbocycles. The fourth-order valence-electron chi connectivity index (χ4n) is 4.40. The molecule has 0 unspecified atom stereocenters. The van der Waals surface area contributed by atoms with Gasteiger partial charge >= 0.3 is 6.03 Å². The fraction of sp³-hybridized carbons (Fsp3) is 0.933. The first kappa shape index (κ1) is 15.1. The minimum atomic E-state index is -2.97. The number of nitrogens with one attached hydrogen (secondary N) is 1. The molecule has 21 heavy (non-hydrogen) atoms. The summed E-state index contributed by atoms with van der Waals surface area (Å²) in [4.78, 5) is 14.4. The second-order valence-electron chi connectivity index (χ2n) is 6.96. The molecule has 2 heterocycles. The van der Waals surface area contributed by atoms with Crippen LogP contribution in [0, 0.1) is 11.8 Å². The summed E-state index contributed by atoms with van der Waals surface area (Å²) in [5.41, 5.74) is 0. The minimum Gasteiger partial charge on any atom is -0.337 e. The number of urea groups is 1. The third-order valence-electron chi connectivity index (χ3n) is 5.60. The number of likely N-dealkylation sites (tertiary alicyclic amines) is 1. The molecule has 0 bridgehead atoms. The molecular formula is C15H26N2O3S. The van der Waals surface area contributed by atoms with E-state index in [2.05, 4.69) is 12.2 Å². The Bertz CT molecular complexity index is 505. The molecule has 5 nitrogen and oxygen atoms in total. The highest BCUT2D eigenvalue weighted by Crippen LogP contribution is 2.39. The topological polar surface area (TPSA) is 66.5 Å². The zero-order chi connectivity index (χ0) is 15.0. The summed E-state index contributed by atoms with van der Waals surface area (Å²) in [5, 5.41) is 2.51. The normalized spacial score (nSPS) is 38.2. The van der Waals surface area contributed by atoms with Gasteiger partial charge in [0.05, 0.1) is 11.0 Å². The van der Waals surface area contributed by atoms with Gasteiger partial charge in [-0.25, -0.2) is 13.2 Å². The van der Waals surface area contributed by atoms with Crippen molar-refractivity contribution in [2.75, 3.05) is 18.8 Å². The Labute approximate surface area is 127 Å². The predicted molar refractivity (Wildman–Crippen MR) is 81.8 cm³/mol. The molecule has 3 aliphatic rings. The van der Waals surface area contributed by atoms with E-state index in [1.807, 2.05) is 4.90 Å². The van der Waals surface area contributed by atoms with Crippen molar-refractivity contribution in [3.63, 3.8) is 0 Å². The molecular weight excluding hydrogens is 288 g/mol. The predicted octanol–water partition coefficient (Wildman–Crippen LogP) is 1.78. The van der Waals surface area contributed by atoms with Crippen LogP contribution in [0.5, 0.6) is 0 Å². The van der Waals surface area contributed by atoms with Crippen LogP contribution in [0.4, 0.5) is 4.79 Å². The Morgan fingerprint density at radius 2 is 1.95 bits per heavy atom. The zero-order valence-electron chi connectivity index (χ0n) is 12.8. The second kappa shape index (κ2) is 5.78.